The van der Waals surface area contributed by atoms with Gasteiger partial charge in [0.25, 0.3) is 0 Å². The Hall–Kier alpha value is -1.58. The van der Waals surface area contributed by atoms with Crippen LogP contribution in [-0.2, 0) is 9.59 Å². The van der Waals surface area contributed by atoms with Gasteiger partial charge < -0.3 is 10.2 Å². The molecule has 2 N–H and O–H groups in total. The maximum atomic E-state index is 11.4. The smallest absolute Gasteiger partial charge is 0.314 e. The molecule has 16 heavy (non-hydrogen) atoms. The quantitative estimate of drug-likeness (QED) is 0.678. The molecule has 0 saturated heterocycles. The minimum atomic E-state index is -1.29. The van der Waals surface area contributed by atoms with Gasteiger partial charge in [0.15, 0.2) is 0 Å². The number of rotatable bonds is 6. The molecular formula is C12H16O4. The van der Waals surface area contributed by atoms with Crippen LogP contribution < -0.4 is 0 Å². The topological polar surface area (TPSA) is 74.6 Å². The van der Waals surface area contributed by atoms with Crippen LogP contribution in [0, 0.1) is 5.41 Å². The van der Waals surface area contributed by atoms with Crippen molar-refractivity contribution in [3.63, 3.8) is 0 Å². The van der Waals surface area contributed by atoms with E-state index in [0.29, 0.717) is 6.42 Å². The molecule has 0 bridgehead atoms. The van der Waals surface area contributed by atoms with E-state index < -0.39 is 17.4 Å². The first-order valence-corrected chi connectivity index (χ1v) is 5.28. The Morgan fingerprint density at radius 3 is 2.56 bits per heavy atom. The lowest BCUT2D eigenvalue weighted by atomic mass is 9.74. The van der Waals surface area contributed by atoms with Gasteiger partial charge in [0, 0.05) is 0 Å². The summed E-state index contributed by atoms with van der Waals surface area (Å²) in [7, 11) is 0. The van der Waals surface area contributed by atoms with Crippen molar-refractivity contribution in [3.05, 3.63) is 24.3 Å². The number of carbonyl (C=O) groups is 2. The van der Waals surface area contributed by atoms with Gasteiger partial charge in [-0.15, -0.1) is 6.58 Å². The Labute approximate surface area is 94.3 Å². The van der Waals surface area contributed by atoms with Crippen molar-refractivity contribution < 1.29 is 19.8 Å². The van der Waals surface area contributed by atoms with Crippen molar-refractivity contribution in [1.82, 2.24) is 0 Å². The van der Waals surface area contributed by atoms with Crippen molar-refractivity contribution in [2.75, 3.05) is 0 Å². The molecule has 0 fully saturated rings. The van der Waals surface area contributed by atoms with E-state index in [9.17, 15) is 14.7 Å². The molecule has 0 amide bonds. The Kier molecular flexibility index (Phi) is 3.88. The van der Waals surface area contributed by atoms with E-state index >= 15 is 0 Å². The summed E-state index contributed by atoms with van der Waals surface area (Å²) in [6.45, 7) is 3.52. The van der Waals surface area contributed by atoms with E-state index in [2.05, 4.69) is 6.58 Å². The monoisotopic (exact) mass is 224 g/mol. The van der Waals surface area contributed by atoms with Crippen LogP contribution in [0.2, 0.25) is 0 Å². The van der Waals surface area contributed by atoms with Crippen LogP contribution in [0.25, 0.3) is 0 Å². The zero-order chi connectivity index (χ0) is 12.2. The summed E-state index contributed by atoms with van der Waals surface area (Å²) >= 11 is 0. The fourth-order valence-corrected chi connectivity index (χ4v) is 2.23. The van der Waals surface area contributed by atoms with Crippen LogP contribution in [0.15, 0.2) is 24.3 Å². The van der Waals surface area contributed by atoms with Crippen LogP contribution in [0.4, 0.5) is 0 Å². The van der Waals surface area contributed by atoms with E-state index in [1.165, 1.54) is 6.08 Å². The summed E-state index contributed by atoms with van der Waals surface area (Å²) in [5.41, 5.74) is -0.549. The summed E-state index contributed by atoms with van der Waals surface area (Å²) in [4.78, 5) is 22.2. The largest absolute Gasteiger partial charge is 0.481 e. The number of carboxylic acid groups (broad SMARTS) is 2. The predicted molar refractivity (Wildman–Crippen MR) is 59.1 cm³/mol. The van der Waals surface area contributed by atoms with Gasteiger partial charge in [-0.1, -0.05) is 17.7 Å². The molecule has 0 aromatic carbocycles. The second-order valence-electron chi connectivity index (χ2n) is 4.07. The Morgan fingerprint density at radius 2 is 2.19 bits per heavy atom. The van der Waals surface area contributed by atoms with Crippen molar-refractivity contribution in [3.8, 4) is 0 Å². The molecule has 1 aliphatic rings. The zero-order valence-electron chi connectivity index (χ0n) is 9.11. The first-order chi connectivity index (χ1) is 7.53. The maximum Gasteiger partial charge on any atom is 0.314 e. The van der Waals surface area contributed by atoms with Crippen molar-refractivity contribution in [2.45, 2.75) is 32.1 Å². The molecule has 0 aromatic heterocycles. The van der Waals surface area contributed by atoms with E-state index in [0.717, 1.165) is 18.4 Å². The minimum absolute atomic E-state index is 0.167. The molecule has 1 unspecified atom stereocenters. The van der Waals surface area contributed by atoms with Crippen LogP contribution in [-0.4, -0.2) is 22.2 Å². The minimum Gasteiger partial charge on any atom is -0.481 e. The van der Waals surface area contributed by atoms with Gasteiger partial charge >= 0.3 is 11.9 Å². The van der Waals surface area contributed by atoms with E-state index in [4.69, 9.17) is 5.11 Å². The van der Waals surface area contributed by atoms with Crippen LogP contribution in [0.3, 0.4) is 0 Å². The van der Waals surface area contributed by atoms with Gasteiger partial charge in [-0.25, -0.2) is 0 Å². The molecule has 0 radical (unpaired) electrons. The number of hydrogen-bond donors (Lipinski definition) is 2. The van der Waals surface area contributed by atoms with Crippen molar-refractivity contribution >= 4 is 11.9 Å². The molecule has 0 spiro atoms. The molecule has 1 aliphatic carbocycles. The molecule has 0 saturated carbocycles. The predicted octanol–water partition coefficient (Wildman–Crippen LogP) is 2.22. The SMILES string of the molecule is C=CCC(CC(=O)O)(C(=O)O)C1=CCCC1. The van der Waals surface area contributed by atoms with Gasteiger partial charge in [0.05, 0.1) is 6.42 Å². The molecule has 88 valence electrons. The Bertz CT molecular complexity index is 343. The number of aliphatic carboxylic acids is 2. The third-order valence-corrected chi connectivity index (χ3v) is 3.01. The zero-order valence-corrected chi connectivity index (χ0v) is 9.11. The molecule has 1 rings (SSSR count). The van der Waals surface area contributed by atoms with Gasteiger partial charge in [-0.3, -0.25) is 9.59 Å². The first-order valence-electron chi connectivity index (χ1n) is 5.28. The fraction of sp³-hybridized carbons (Fsp3) is 0.500. The Balaban J connectivity index is 3.09. The summed E-state index contributed by atoms with van der Waals surface area (Å²) in [6, 6.07) is 0. The normalized spacial score (nSPS) is 18.6. The lowest BCUT2D eigenvalue weighted by Crippen LogP contribution is -2.34. The lowest BCUT2D eigenvalue weighted by Gasteiger charge is -2.28. The maximum absolute atomic E-state index is 11.4. The first kappa shape index (κ1) is 12.5. The van der Waals surface area contributed by atoms with Gasteiger partial charge in [0.2, 0.25) is 0 Å². The van der Waals surface area contributed by atoms with E-state index in [1.807, 2.05) is 6.08 Å². The van der Waals surface area contributed by atoms with Crippen LogP contribution in [0.1, 0.15) is 32.1 Å². The third-order valence-electron chi connectivity index (χ3n) is 3.01. The van der Waals surface area contributed by atoms with Gasteiger partial charge in [-0.05, 0) is 25.7 Å². The van der Waals surface area contributed by atoms with E-state index in [-0.39, 0.29) is 12.8 Å². The highest BCUT2D eigenvalue weighted by molar-refractivity contribution is 5.85. The highest BCUT2D eigenvalue weighted by Gasteiger charge is 2.43. The molecule has 0 aliphatic heterocycles. The third kappa shape index (κ3) is 2.32. The van der Waals surface area contributed by atoms with E-state index in [1.54, 1.807) is 0 Å². The number of hydrogen-bond acceptors (Lipinski definition) is 2. The standard InChI is InChI=1S/C12H16O4/c1-2-7-12(11(15)16,8-10(13)14)9-5-3-4-6-9/h2,5H,1,3-4,6-8H2,(H,13,14)(H,15,16). The molecule has 4 heteroatoms. The summed E-state index contributed by atoms with van der Waals surface area (Å²) < 4.78 is 0. The average Bonchev–Trinajstić information content (AvgIpc) is 2.68. The number of carboxylic acids is 2. The Morgan fingerprint density at radius 1 is 1.50 bits per heavy atom. The van der Waals surface area contributed by atoms with Gasteiger partial charge in [0.1, 0.15) is 5.41 Å². The summed E-state index contributed by atoms with van der Waals surface area (Å²) in [6.07, 6.45) is 5.55. The second-order valence-corrected chi connectivity index (χ2v) is 4.07. The highest BCUT2D eigenvalue weighted by atomic mass is 16.4. The molecule has 1 atom stereocenters. The highest BCUT2D eigenvalue weighted by Crippen LogP contribution is 2.41. The number of allylic oxidation sites excluding steroid dienone is 2. The fourth-order valence-electron chi connectivity index (χ4n) is 2.23. The van der Waals surface area contributed by atoms with Crippen LogP contribution in [0.5, 0.6) is 0 Å². The average molecular weight is 224 g/mol. The molecule has 0 heterocycles. The second kappa shape index (κ2) is 4.96. The lowest BCUT2D eigenvalue weighted by molar-refractivity contribution is -0.153. The van der Waals surface area contributed by atoms with Crippen molar-refractivity contribution in [2.24, 2.45) is 5.41 Å². The molecule has 0 aromatic rings. The summed E-state index contributed by atoms with van der Waals surface area (Å²) in [5.74, 6) is -2.15. The van der Waals surface area contributed by atoms with Crippen molar-refractivity contribution in [1.29, 1.82) is 0 Å². The summed E-state index contributed by atoms with van der Waals surface area (Å²) in [5, 5.41) is 18.2. The molecular weight excluding hydrogens is 208 g/mol. The van der Waals surface area contributed by atoms with Gasteiger partial charge in [-0.2, -0.15) is 0 Å². The molecule has 4 nitrogen and oxygen atoms in total. The van der Waals surface area contributed by atoms with Crippen LogP contribution >= 0.6 is 0 Å².